The maximum Gasteiger partial charge on any atom is 0.272 e. The summed E-state index contributed by atoms with van der Waals surface area (Å²) in [5, 5.41) is 37.5. The molecular formula is C35H45N5O6. The summed E-state index contributed by atoms with van der Waals surface area (Å²) in [4.78, 5) is 39.2. The van der Waals surface area contributed by atoms with Gasteiger partial charge in [0, 0.05) is 5.56 Å². The Hall–Kier alpha value is -4.74. The van der Waals surface area contributed by atoms with Gasteiger partial charge >= 0.3 is 0 Å². The van der Waals surface area contributed by atoms with Crippen molar-refractivity contribution in [2.75, 3.05) is 0 Å². The van der Waals surface area contributed by atoms with Gasteiger partial charge in [-0.25, -0.2) is 5.48 Å². The van der Waals surface area contributed by atoms with E-state index in [0.717, 1.165) is 27.8 Å². The third-order valence-corrected chi connectivity index (χ3v) is 8.04. The molecule has 0 aliphatic rings. The second-order valence-electron chi connectivity index (χ2n) is 12.6. The van der Waals surface area contributed by atoms with Crippen LogP contribution in [-0.4, -0.2) is 51.2 Å². The highest BCUT2D eigenvalue weighted by Gasteiger charge is 2.38. The van der Waals surface area contributed by atoms with Crippen molar-refractivity contribution in [2.45, 2.75) is 72.1 Å². The van der Waals surface area contributed by atoms with E-state index in [1.54, 1.807) is 12.1 Å². The van der Waals surface area contributed by atoms with Gasteiger partial charge in [-0.15, -0.1) is 0 Å². The predicted octanol–water partition coefficient (Wildman–Crippen LogP) is 3.97. The van der Waals surface area contributed by atoms with E-state index in [1.807, 2.05) is 95.3 Å². The van der Waals surface area contributed by atoms with Gasteiger partial charge in [-0.05, 0) is 66.3 Å². The molecule has 0 bridgehead atoms. The highest BCUT2D eigenvalue weighted by atomic mass is 16.5. The molecule has 3 rings (SSSR count). The van der Waals surface area contributed by atoms with Crippen LogP contribution in [-0.2, 0) is 20.8 Å². The minimum absolute atomic E-state index is 0.0297. The summed E-state index contributed by atoms with van der Waals surface area (Å²) in [6.07, 6.45) is -0.707. The van der Waals surface area contributed by atoms with Gasteiger partial charge in [0.2, 0.25) is 11.8 Å². The van der Waals surface area contributed by atoms with E-state index in [2.05, 4.69) is 15.8 Å². The Morgan fingerprint density at radius 3 is 2.13 bits per heavy atom. The molecule has 11 heteroatoms. The maximum absolute atomic E-state index is 13.6. The Balaban J connectivity index is 1.72. The largest absolute Gasteiger partial charge is 0.409 e. The van der Waals surface area contributed by atoms with Crippen LogP contribution in [0.1, 0.15) is 68.8 Å². The molecule has 0 aromatic heterocycles. The van der Waals surface area contributed by atoms with Crippen LogP contribution in [0.15, 0.2) is 78.0 Å². The van der Waals surface area contributed by atoms with Crippen molar-refractivity contribution < 1.29 is 29.9 Å². The molecule has 0 fully saturated rings. The number of carbonyl (C=O) groups is 3. The first-order valence-corrected chi connectivity index (χ1v) is 15.2. The normalized spacial score (nSPS) is 14.5. The van der Waals surface area contributed by atoms with Crippen LogP contribution >= 0.6 is 0 Å². The van der Waals surface area contributed by atoms with Crippen LogP contribution in [0.5, 0.6) is 0 Å². The predicted molar refractivity (Wildman–Crippen MR) is 176 cm³/mol. The maximum atomic E-state index is 13.6. The van der Waals surface area contributed by atoms with Gasteiger partial charge in [-0.1, -0.05) is 98.7 Å². The number of rotatable bonds is 13. The standard InChI is InChI=1S/C35H45N5O6/c1-21-20-23(14-19-27(21)25-15-17-26(18-16-25)31(36)39-45)10-9-13-28(29(41)33(43)40-46)32(42)38-30(35(3,4)5)34(44)37-22(2)24-11-7-6-8-12-24/h6-8,11-12,14-20,22,28-30,41,45-46H,9-10,13H2,1-5H3,(H2,36,39)(H,37,44)(H,38,42)(H,40,43)/t22-,28-,29+,30-/m1/s1. The number of amidine groups is 1. The fourth-order valence-corrected chi connectivity index (χ4v) is 5.34. The van der Waals surface area contributed by atoms with Crippen molar-refractivity contribution in [1.82, 2.24) is 16.1 Å². The SMILES string of the molecule is Cc1cc(CCC[C@@H](C(=O)N[C@H](C(=O)N[C@H](C)c2ccccc2)C(C)(C)C)[C@H](O)C(=O)NO)ccc1-c1ccc(C(N)=NO)cc1. The second-order valence-corrected chi connectivity index (χ2v) is 12.6. The molecule has 0 heterocycles. The Morgan fingerprint density at radius 1 is 0.913 bits per heavy atom. The van der Waals surface area contributed by atoms with Gasteiger partial charge in [0.05, 0.1) is 12.0 Å². The average molecular weight is 632 g/mol. The number of nitrogens with one attached hydrogen (secondary N) is 3. The van der Waals surface area contributed by atoms with Crippen LogP contribution in [0.4, 0.5) is 0 Å². The Kier molecular flexibility index (Phi) is 12.4. The van der Waals surface area contributed by atoms with Crippen LogP contribution in [0.25, 0.3) is 11.1 Å². The zero-order chi connectivity index (χ0) is 34.0. The van der Waals surface area contributed by atoms with Crippen molar-refractivity contribution in [2.24, 2.45) is 22.2 Å². The van der Waals surface area contributed by atoms with Crippen molar-refractivity contribution in [3.63, 3.8) is 0 Å². The van der Waals surface area contributed by atoms with Crippen molar-refractivity contribution >= 4 is 23.6 Å². The molecule has 4 atom stereocenters. The highest BCUT2D eigenvalue weighted by Crippen LogP contribution is 2.27. The molecule has 0 spiro atoms. The number of amides is 3. The minimum atomic E-state index is -1.83. The molecule has 3 aromatic carbocycles. The number of hydroxylamine groups is 1. The molecule has 46 heavy (non-hydrogen) atoms. The Morgan fingerprint density at radius 2 is 1.57 bits per heavy atom. The summed E-state index contributed by atoms with van der Waals surface area (Å²) in [6.45, 7) is 9.28. The van der Waals surface area contributed by atoms with E-state index in [9.17, 15) is 24.7 Å². The quantitative estimate of drug-likeness (QED) is 0.0489. The third kappa shape index (κ3) is 9.38. The summed E-state index contributed by atoms with van der Waals surface area (Å²) in [6, 6.07) is 21.5. The fourth-order valence-electron chi connectivity index (χ4n) is 5.34. The van der Waals surface area contributed by atoms with Gasteiger partial charge in [-0.3, -0.25) is 19.6 Å². The lowest BCUT2D eigenvalue weighted by Gasteiger charge is -2.33. The van der Waals surface area contributed by atoms with Gasteiger partial charge in [0.1, 0.15) is 12.1 Å². The lowest BCUT2D eigenvalue weighted by atomic mass is 9.84. The van der Waals surface area contributed by atoms with Crippen molar-refractivity contribution in [3.05, 3.63) is 95.1 Å². The number of nitrogens with zero attached hydrogens (tertiary/aromatic N) is 1. The van der Waals surface area contributed by atoms with Crippen LogP contribution in [0.2, 0.25) is 0 Å². The molecule has 0 aliphatic carbocycles. The van der Waals surface area contributed by atoms with Gasteiger partial charge in [0.25, 0.3) is 5.91 Å². The molecule has 3 amide bonds. The molecule has 11 nitrogen and oxygen atoms in total. The molecule has 3 aromatic rings. The zero-order valence-electron chi connectivity index (χ0n) is 26.9. The summed E-state index contributed by atoms with van der Waals surface area (Å²) in [7, 11) is 0. The van der Waals surface area contributed by atoms with Crippen LogP contribution in [0.3, 0.4) is 0 Å². The van der Waals surface area contributed by atoms with E-state index in [-0.39, 0.29) is 18.3 Å². The smallest absolute Gasteiger partial charge is 0.272 e. The zero-order valence-corrected chi connectivity index (χ0v) is 26.9. The molecule has 246 valence electrons. The van der Waals surface area contributed by atoms with Gasteiger partial charge < -0.3 is 26.7 Å². The topological polar surface area (TPSA) is 186 Å². The van der Waals surface area contributed by atoms with Crippen LogP contribution < -0.4 is 21.8 Å². The number of aliphatic hydroxyl groups is 1. The summed E-state index contributed by atoms with van der Waals surface area (Å²) in [5.74, 6) is -3.35. The first kappa shape index (κ1) is 35.7. The number of nitrogens with two attached hydrogens (primary N) is 1. The van der Waals surface area contributed by atoms with E-state index in [0.29, 0.717) is 18.4 Å². The Labute approximate surface area is 269 Å². The number of oxime groups is 1. The fraction of sp³-hybridized carbons (Fsp3) is 0.371. The number of carbonyl (C=O) groups excluding carboxylic acids is 3. The molecule has 0 saturated heterocycles. The van der Waals surface area contributed by atoms with Crippen molar-refractivity contribution in [3.8, 4) is 11.1 Å². The molecule has 0 aliphatic heterocycles. The number of hydrogen-bond donors (Lipinski definition) is 7. The Bertz CT molecular complexity index is 1520. The van der Waals surface area contributed by atoms with Crippen molar-refractivity contribution in [1.29, 1.82) is 0 Å². The molecule has 8 N–H and O–H groups in total. The van der Waals surface area contributed by atoms with E-state index in [4.69, 9.17) is 10.9 Å². The van der Waals surface area contributed by atoms with E-state index >= 15 is 0 Å². The minimum Gasteiger partial charge on any atom is -0.409 e. The molecule has 0 saturated carbocycles. The average Bonchev–Trinajstić information content (AvgIpc) is 3.04. The first-order chi connectivity index (χ1) is 21.8. The summed E-state index contributed by atoms with van der Waals surface area (Å²) >= 11 is 0. The molecular weight excluding hydrogens is 586 g/mol. The summed E-state index contributed by atoms with van der Waals surface area (Å²) in [5.41, 5.74) is 11.9. The van der Waals surface area contributed by atoms with Gasteiger partial charge in [-0.2, -0.15) is 0 Å². The van der Waals surface area contributed by atoms with Gasteiger partial charge in [0.15, 0.2) is 5.84 Å². The first-order valence-electron chi connectivity index (χ1n) is 15.2. The number of hydrogen-bond acceptors (Lipinski definition) is 7. The van der Waals surface area contributed by atoms with Crippen LogP contribution in [0, 0.1) is 18.3 Å². The number of benzene rings is 3. The monoisotopic (exact) mass is 631 g/mol. The third-order valence-electron chi connectivity index (χ3n) is 8.04. The lowest BCUT2D eigenvalue weighted by Crippen LogP contribution is -2.56. The second kappa shape index (κ2) is 16.0. The number of aliphatic hydroxyl groups excluding tert-OH is 1. The van der Waals surface area contributed by atoms with E-state index in [1.165, 1.54) is 5.48 Å². The summed E-state index contributed by atoms with van der Waals surface area (Å²) < 4.78 is 0. The molecule has 0 radical (unpaired) electrons. The molecule has 0 unspecified atom stereocenters. The number of aryl methyl sites for hydroxylation is 2. The highest BCUT2D eigenvalue weighted by molar-refractivity contribution is 5.97. The van der Waals surface area contributed by atoms with E-state index < -0.39 is 41.2 Å². The lowest BCUT2D eigenvalue weighted by molar-refractivity contribution is -0.147.